The van der Waals surface area contributed by atoms with Gasteiger partial charge in [-0.25, -0.2) is 4.98 Å². The average Bonchev–Trinajstić information content (AvgIpc) is 3.18. The number of nitrogens with zero attached hydrogens (tertiary/aromatic N) is 4. The van der Waals surface area contributed by atoms with Gasteiger partial charge in [0.05, 0.1) is 22.5 Å². The molecule has 4 aromatic heterocycles. The maximum atomic E-state index is 13.1. The summed E-state index contributed by atoms with van der Waals surface area (Å²) in [5, 5.41) is 7.55. The van der Waals surface area contributed by atoms with Crippen molar-refractivity contribution in [3.63, 3.8) is 0 Å². The van der Waals surface area contributed by atoms with Crippen LogP contribution in [0, 0.1) is 13.8 Å². The molecule has 1 aliphatic carbocycles. The van der Waals surface area contributed by atoms with Gasteiger partial charge in [0.25, 0.3) is 5.91 Å². The molecular weight excluding hydrogens is 404 g/mol. The van der Waals surface area contributed by atoms with Gasteiger partial charge in [-0.05, 0) is 43.9 Å². The molecule has 4 aromatic rings. The molecule has 8 nitrogen and oxygen atoms in total. The van der Waals surface area contributed by atoms with E-state index in [4.69, 9.17) is 0 Å². The zero-order valence-corrected chi connectivity index (χ0v) is 17.8. The number of amides is 1. The molecule has 4 heterocycles. The summed E-state index contributed by atoms with van der Waals surface area (Å²) in [5.41, 5.74) is 5.19. The monoisotopic (exact) mass is 426 g/mol. The van der Waals surface area contributed by atoms with Crippen LogP contribution in [0.5, 0.6) is 0 Å². The largest absolute Gasteiger partial charge is 0.348 e. The molecule has 0 unspecified atom stereocenters. The third-order valence-electron chi connectivity index (χ3n) is 5.60. The number of nitrogens with one attached hydrogen (secondary N) is 2. The minimum atomic E-state index is -0.450. The van der Waals surface area contributed by atoms with Gasteiger partial charge in [0.1, 0.15) is 11.2 Å². The Morgan fingerprint density at radius 1 is 1.28 bits per heavy atom. The van der Waals surface area contributed by atoms with Gasteiger partial charge in [0.2, 0.25) is 5.43 Å². The molecule has 32 heavy (non-hydrogen) atoms. The molecule has 0 fully saturated rings. The molecule has 2 N–H and O–H groups in total. The Morgan fingerprint density at radius 2 is 2.16 bits per heavy atom. The molecule has 0 spiro atoms. The Balaban J connectivity index is 1.38. The number of H-pyrrole nitrogens is 1. The molecule has 0 aromatic carbocycles. The zero-order valence-electron chi connectivity index (χ0n) is 17.8. The molecule has 0 bridgehead atoms. The summed E-state index contributed by atoms with van der Waals surface area (Å²) < 4.78 is 1.59. The molecule has 0 saturated heterocycles. The Bertz CT molecular complexity index is 1470. The fourth-order valence-corrected chi connectivity index (χ4v) is 3.96. The topological polar surface area (TPSA) is 105 Å². The SMILES string of the molecule is Cc1cc2nc(C)c3c(=O)c(C(=O)NCc4ccc(C5=CC=CCC5)nc4)c[nH]c3n2n1. The van der Waals surface area contributed by atoms with Crippen LogP contribution in [0.4, 0.5) is 0 Å². The number of carbonyl (C=O) groups is 1. The van der Waals surface area contributed by atoms with Gasteiger partial charge in [-0.2, -0.15) is 9.61 Å². The summed E-state index contributed by atoms with van der Waals surface area (Å²) >= 11 is 0. The summed E-state index contributed by atoms with van der Waals surface area (Å²) in [6.07, 6.45) is 11.4. The number of hydrogen-bond donors (Lipinski definition) is 2. The van der Waals surface area contributed by atoms with Gasteiger partial charge in [-0.3, -0.25) is 14.6 Å². The van der Waals surface area contributed by atoms with Gasteiger partial charge in [-0.15, -0.1) is 0 Å². The predicted molar refractivity (Wildman–Crippen MR) is 122 cm³/mol. The first-order chi connectivity index (χ1) is 15.5. The van der Waals surface area contributed by atoms with E-state index in [2.05, 4.69) is 37.5 Å². The number of allylic oxidation sites excluding steroid dienone is 4. The lowest BCUT2D eigenvalue weighted by Crippen LogP contribution is -2.29. The highest BCUT2D eigenvalue weighted by Gasteiger charge is 2.17. The van der Waals surface area contributed by atoms with E-state index >= 15 is 0 Å². The molecule has 1 aliphatic rings. The predicted octanol–water partition coefficient (Wildman–Crippen LogP) is 3.25. The van der Waals surface area contributed by atoms with E-state index in [0.29, 0.717) is 22.4 Å². The van der Waals surface area contributed by atoms with Crippen molar-refractivity contribution in [3.05, 3.63) is 87.3 Å². The summed E-state index contributed by atoms with van der Waals surface area (Å²) in [6, 6.07) is 5.74. The molecule has 0 saturated carbocycles. The van der Waals surface area contributed by atoms with Gasteiger partial charge in [0.15, 0.2) is 5.65 Å². The highest BCUT2D eigenvalue weighted by atomic mass is 16.2. The van der Waals surface area contributed by atoms with Crippen molar-refractivity contribution in [2.24, 2.45) is 0 Å². The van der Waals surface area contributed by atoms with Crippen LogP contribution >= 0.6 is 0 Å². The first-order valence-electron chi connectivity index (χ1n) is 10.5. The molecule has 0 aliphatic heterocycles. The fraction of sp³-hybridized carbons (Fsp3) is 0.208. The van der Waals surface area contributed by atoms with Crippen LogP contribution in [-0.4, -0.2) is 30.5 Å². The van der Waals surface area contributed by atoms with Gasteiger partial charge in [-0.1, -0.05) is 24.3 Å². The first kappa shape index (κ1) is 19.9. The van der Waals surface area contributed by atoms with Crippen LogP contribution in [0.3, 0.4) is 0 Å². The van der Waals surface area contributed by atoms with E-state index in [9.17, 15) is 9.59 Å². The number of pyridine rings is 2. The highest BCUT2D eigenvalue weighted by molar-refractivity contribution is 5.97. The van der Waals surface area contributed by atoms with Crippen molar-refractivity contribution in [2.45, 2.75) is 33.2 Å². The van der Waals surface area contributed by atoms with Crippen LogP contribution in [0.2, 0.25) is 0 Å². The number of fused-ring (bicyclic) bond motifs is 3. The van der Waals surface area contributed by atoms with Gasteiger partial charge >= 0.3 is 0 Å². The maximum absolute atomic E-state index is 13.1. The first-order valence-corrected chi connectivity index (χ1v) is 10.5. The van der Waals surface area contributed by atoms with Crippen LogP contribution in [0.25, 0.3) is 22.3 Å². The molecule has 8 heteroatoms. The van der Waals surface area contributed by atoms with E-state index in [1.54, 1.807) is 17.6 Å². The Hall–Kier alpha value is -4.07. The third kappa shape index (κ3) is 3.49. The lowest BCUT2D eigenvalue weighted by atomic mass is 10.0. The lowest BCUT2D eigenvalue weighted by Gasteiger charge is -2.10. The zero-order chi connectivity index (χ0) is 22.2. The Morgan fingerprint density at radius 3 is 2.91 bits per heavy atom. The summed E-state index contributed by atoms with van der Waals surface area (Å²) in [6.45, 7) is 3.89. The van der Waals surface area contributed by atoms with E-state index < -0.39 is 5.91 Å². The van der Waals surface area contributed by atoms with Gasteiger partial charge in [0, 0.05) is 25.0 Å². The minimum absolute atomic E-state index is 0.0364. The molecule has 0 atom stereocenters. The highest BCUT2D eigenvalue weighted by Crippen LogP contribution is 2.21. The van der Waals surface area contributed by atoms with Crippen LogP contribution in [0.1, 0.15) is 45.8 Å². The molecule has 5 rings (SSSR count). The Kier molecular flexibility index (Phi) is 4.89. The smallest absolute Gasteiger partial charge is 0.257 e. The standard InChI is InChI=1S/C24H22N6O2/c1-14-10-20-28-15(2)21-22(31)18(13-26-23(21)30(20)29-14)24(32)27-12-16-8-9-19(25-11-16)17-6-4-3-5-7-17/h3-4,6,8-11,13H,5,7,12H2,1-2H3,(H,26,31)(H,27,32). The second-order valence-electron chi connectivity index (χ2n) is 7.90. The number of aromatic amines is 1. The van der Waals surface area contributed by atoms with E-state index in [0.717, 1.165) is 29.8 Å². The molecule has 160 valence electrons. The summed E-state index contributed by atoms with van der Waals surface area (Å²) in [5.74, 6) is -0.450. The van der Waals surface area contributed by atoms with Crippen molar-refractivity contribution < 1.29 is 4.79 Å². The molecule has 1 amide bonds. The third-order valence-corrected chi connectivity index (χ3v) is 5.60. The van der Waals surface area contributed by atoms with E-state index in [-0.39, 0.29) is 17.5 Å². The van der Waals surface area contributed by atoms with Crippen molar-refractivity contribution in [1.82, 2.24) is 29.9 Å². The van der Waals surface area contributed by atoms with Crippen LogP contribution in [-0.2, 0) is 6.54 Å². The summed E-state index contributed by atoms with van der Waals surface area (Å²) in [4.78, 5) is 37.9. The number of carbonyl (C=O) groups excluding carboxylic acids is 1. The molecular formula is C24H22N6O2. The number of rotatable bonds is 4. The van der Waals surface area contributed by atoms with Crippen molar-refractivity contribution >= 4 is 28.2 Å². The van der Waals surface area contributed by atoms with Crippen molar-refractivity contribution in [1.29, 1.82) is 0 Å². The fourth-order valence-electron chi connectivity index (χ4n) is 3.96. The number of aromatic nitrogens is 5. The van der Waals surface area contributed by atoms with Gasteiger partial charge < -0.3 is 10.3 Å². The second kappa shape index (κ2) is 7.88. The van der Waals surface area contributed by atoms with Crippen LogP contribution < -0.4 is 10.7 Å². The normalized spacial score (nSPS) is 13.5. The second-order valence-corrected chi connectivity index (χ2v) is 7.90. The van der Waals surface area contributed by atoms with Crippen LogP contribution in [0.15, 0.2) is 53.6 Å². The quantitative estimate of drug-likeness (QED) is 0.521. The summed E-state index contributed by atoms with van der Waals surface area (Å²) in [7, 11) is 0. The minimum Gasteiger partial charge on any atom is -0.348 e. The number of hydrogen-bond acceptors (Lipinski definition) is 5. The Labute approximate surface area is 183 Å². The van der Waals surface area contributed by atoms with E-state index in [1.165, 1.54) is 11.8 Å². The number of aryl methyl sites for hydroxylation is 2. The van der Waals surface area contributed by atoms with E-state index in [1.807, 2.05) is 31.2 Å². The lowest BCUT2D eigenvalue weighted by molar-refractivity contribution is 0.0949. The van der Waals surface area contributed by atoms with Crippen molar-refractivity contribution in [3.8, 4) is 0 Å². The molecule has 0 radical (unpaired) electrons. The average molecular weight is 426 g/mol. The maximum Gasteiger partial charge on any atom is 0.257 e. The van der Waals surface area contributed by atoms with Crippen molar-refractivity contribution in [2.75, 3.05) is 0 Å².